The molecule has 3 amide bonds. The van der Waals surface area contributed by atoms with Crippen molar-refractivity contribution in [3.63, 3.8) is 0 Å². The van der Waals surface area contributed by atoms with Gasteiger partial charge in [-0.05, 0) is 61.2 Å². The lowest BCUT2D eigenvalue weighted by molar-refractivity contribution is -0.274. The molecule has 13 heteroatoms. The van der Waals surface area contributed by atoms with Gasteiger partial charge in [0.25, 0.3) is 0 Å². The molecule has 1 fully saturated rings. The monoisotopic (exact) mass is 608 g/mol. The van der Waals surface area contributed by atoms with Gasteiger partial charge in [-0.2, -0.15) is 4.99 Å². The molecule has 0 aliphatic carbocycles. The number of anilines is 1. The number of hydrogen-bond acceptors (Lipinski definition) is 6. The molecule has 1 aliphatic rings. The van der Waals surface area contributed by atoms with E-state index >= 15 is 0 Å². The second kappa shape index (κ2) is 12.7. The van der Waals surface area contributed by atoms with Crippen LogP contribution in [0, 0.1) is 6.92 Å². The number of nitrogens with zero attached hydrogens (tertiary/aromatic N) is 5. The van der Waals surface area contributed by atoms with Crippen LogP contribution in [0.25, 0.3) is 17.1 Å². The number of alkyl halides is 3. The summed E-state index contributed by atoms with van der Waals surface area (Å²) in [6.45, 7) is 4.36. The lowest BCUT2D eigenvalue weighted by atomic mass is 10.1. The number of carbonyl (C=O) groups excluding carboxylic acids is 2. The largest absolute Gasteiger partial charge is 0.573 e. The fraction of sp³-hybridized carbons (Fsp3) is 0.233. The summed E-state index contributed by atoms with van der Waals surface area (Å²) in [7, 11) is 0. The highest BCUT2D eigenvalue weighted by molar-refractivity contribution is 8.15. The molecule has 0 atom stereocenters. The van der Waals surface area contributed by atoms with Crippen LogP contribution in [-0.4, -0.2) is 50.5 Å². The van der Waals surface area contributed by atoms with Crippen molar-refractivity contribution in [2.75, 3.05) is 17.2 Å². The summed E-state index contributed by atoms with van der Waals surface area (Å²) in [6.07, 6.45) is -1.98. The fourth-order valence-corrected chi connectivity index (χ4v) is 5.34. The van der Waals surface area contributed by atoms with Crippen LogP contribution in [0.3, 0.4) is 0 Å². The molecule has 0 spiro atoms. The fourth-order valence-electron chi connectivity index (χ4n) is 4.48. The Hall–Kier alpha value is -4.65. The van der Waals surface area contributed by atoms with Crippen molar-refractivity contribution in [2.45, 2.75) is 33.1 Å². The normalized spacial score (nSPS) is 14.4. The van der Waals surface area contributed by atoms with Crippen LogP contribution in [0.4, 0.5) is 23.7 Å². The van der Waals surface area contributed by atoms with E-state index in [0.29, 0.717) is 29.6 Å². The maximum Gasteiger partial charge on any atom is 0.573 e. The Morgan fingerprint density at radius 3 is 2.53 bits per heavy atom. The van der Waals surface area contributed by atoms with Crippen LogP contribution in [0.1, 0.15) is 23.6 Å². The predicted molar refractivity (Wildman–Crippen MR) is 159 cm³/mol. The van der Waals surface area contributed by atoms with Crippen LogP contribution in [-0.2, 0) is 17.6 Å². The van der Waals surface area contributed by atoms with Crippen LogP contribution in [0.5, 0.6) is 5.75 Å². The molecular formula is C30H27F3N6O3S. The van der Waals surface area contributed by atoms with E-state index in [-0.39, 0.29) is 17.4 Å². The number of benzene rings is 3. The van der Waals surface area contributed by atoms with Gasteiger partial charge in [0.2, 0.25) is 5.91 Å². The number of rotatable bonds is 8. The number of aliphatic imine (C=N–C) groups is 1. The van der Waals surface area contributed by atoms with Crippen LogP contribution in [0.15, 0.2) is 78.0 Å². The molecule has 1 N–H and O–H groups in total. The van der Waals surface area contributed by atoms with Gasteiger partial charge in [0.05, 0.1) is 17.1 Å². The molecule has 0 saturated carbocycles. The van der Waals surface area contributed by atoms with Crippen molar-refractivity contribution in [1.29, 1.82) is 0 Å². The molecule has 1 aliphatic heterocycles. The Labute approximate surface area is 249 Å². The SMILES string of the molecule is CCc1cc(C)ccc1N1C(=O)CSC1=NC(=O)NCCc1ccc(-c2ncn(-c3ccc(OC(F)(F)F)cc3)n2)cc1. The first-order valence-electron chi connectivity index (χ1n) is 13.4. The van der Waals surface area contributed by atoms with Gasteiger partial charge >= 0.3 is 12.4 Å². The smallest absolute Gasteiger partial charge is 0.406 e. The molecule has 3 aromatic carbocycles. The molecule has 5 rings (SSSR count). The summed E-state index contributed by atoms with van der Waals surface area (Å²) in [5, 5.41) is 7.56. The van der Waals surface area contributed by atoms with E-state index in [1.54, 1.807) is 0 Å². The highest BCUT2D eigenvalue weighted by atomic mass is 32.2. The number of aryl methyl sites for hydroxylation is 2. The van der Waals surface area contributed by atoms with Crippen molar-refractivity contribution in [1.82, 2.24) is 20.1 Å². The summed E-state index contributed by atoms with van der Waals surface area (Å²) >= 11 is 1.24. The third kappa shape index (κ3) is 7.41. The third-order valence-electron chi connectivity index (χ3n) is 6.55. The molecule has 4 aromatic rings. The van der Waals surface area contributed by atoms with Crippen molar-refractivity contribution in [3.05, 3.63) is 89.7 Å². The average molecular weight is 609 g/mol. The number of hydrogen-bond donors (Lipinski definition) is 1. The van der Waals surface area contributed by atoms with Gasteiger partial charge < -0.3 is 10.1 Å². The second-order valence-electron chi connectivity index (χ2n) is 9.63. The number of aromatic nitrogens is 3. The molecule has 9 nitrogen and oxygen atoms in total. The third-order valence-corrected chi connectivity index (χ3v) is 7.47. The van der Waals surface area contributed by atoms with Crippen molar-refractivity contribution >= 4 is 34.6 Å². The minimum absolute atomic E-state index is 0.108. The number of ether oxygens (including phenoxy) is 1. The number of carbonyl (C=O) groups is 2. The van der Waals surface area contributed by atoms with Crippen molar-refractivity contribution in [3.8, 4) is 22.8 Å². The maximum absolute atomic E-state index is 12.6. The highest BCUT2D eigenvalue weighted by Crippen LogP contribution is 2.31. The number of amides is 3. The molecule has 43 heavy (non-hydrogen) atoms. The molecule has 0 radical (unpaired) electrons. The topological polar surface area (TPSA) is 102 Å². The average Bonchev–Trinajstić information content (AvgIpc) is 3.60. The molecule has 1 aromatic heterocycles. The zero-order chi connectivity index (χ0) is 30.6. The quantitative estimate of drug-likeness (QED) is 0.260. The van der Waals surface area contributed by atoms with Gasteiger partial charge in [-0.25, -0.2) is 14.5 Å². The Balaban J connectivity index is 1.16. The lowest BCUT2D eigenvalue weighted by Crippen LogP contribution is -2.32. The van der Waals surface area contributed by atoms with Gasteiger partial charge in [0.15, 0.2) is 11.0 Å². The number of amidine groups is 1. The molecule has 1 saturated heterocycles. The summed E-state index contributed by atoms with van der Waals surface area (Å²) in [4.78, 5) is 35.2. The van der Waals surface area contributed by atoms with Crippen LogP contribution < -0.4 is 15.0 Å². The van der Waals surface area contributed by atoms with Crippen LogP contribution in [0.2, 0.25) is 0 Å². The van der Waals surface area contributed by atoms with E-state index in [4.69, 9.17) is 0 Å². The van der Waals surface area contributed by atoms with Crippen LogP contribution >= 0.6 is 11.8 Å². The molecular weight excluding hydrogens is 581 g/mol. The standard InChI is InChI=1S/C30H27F3N6O3S/c1-3-21-16-19(2)4-13-25(21)39-26(40)17-43-29(39)36-28(41)34-15-14-20-5-7-22(8-6-20)27-35-18-38(37-27)23-9-11-24(12-10-23)42-30(31,32)33/h4-13,16,18H,3,14-15,17H2,1-2H3,(H,34,41). The number of urea groups is 1. The Morgan fingerprint density at radius 1 is 1.09 bits per heavy atom. The summed E-state index contributed by atoms with van der Waals surface area (Å²) in [6, 6.07) is 18.2. The van der Waals surface area contributed by atoms with Crippen molar-refractivity contribution < 1.29 is 27.5 Å². The van der Waals surface area contributed by atoms with E-state index in [2.05, 4.69) is 25.1 Å². The van der Waals surface area contributed by atoms with E-state index in [1.165, 1.54) is 51.9 Å². The zero-order valence-corrected chi connectivity index (χ0v) is 24.1. The lowest BCUT2D eigenvalue weighted by Gasteiger charge is -2.19. The first-order valence-corrected chi connectivity index (χ1v) is 14.4. The molecule has 0 bridgehead atoms. The summed E-state index contributed by atoms with van der Waals surface area (Å²) in [5.74, 6) is 0.242. The Kier molecular flexibility index (Phi) is 8.81. The summed E-state index contributed by atoms with van der Waals surface area (Å²) < 4.78 is 42.5. The van der Waals surface area contributed by atoms with Gasteiger partial charge in [-0.15, -0.1) is 18.3 Å². The minimum Gasteiger partial charge on any atom is -0.406 e. The molecule has 0 unspecified atom stereocenters. The first kappa shape index (κ1) is 29.8. The first-order chi connectivity index (χ1) is 20.6. The molecule has 222 valence electrons. The van der Waals surface area contributed by atoms with Crippen molar-refractivity contribution in [2.24, 2.45) is 4.99 Å². The zero-order valence-electron chi connectivity index (χ0n) is 23.3. The highest BCUT2D eigenvalue weighted by Gasteiger charge is 2.32. The predicted octanol–water partition coefficient (Wildman–Crippen LogP) is 6.09. The van der Waals surface area contributed by atoms with E-state index in [1.807, 2.05) is 56.3 Å². The minimum atomic E-state index is -4.76. The van der Waals surface area contributed by atoms with Gasteiger partial charge in [0.1, 0.15) is 12.1 Å². The second-order valence-corrected chi connectivity index (χ2v) is 10.6. The Morgan fingerprint density at radius 2 is 1.84 bits per heavy atom. The van der Waals surface area contributed by atoms with Gasteiger partial charge in [-0.3, -0.25) is 9.69 Å². The van der Waals surface area contributed by atoms with E-state index in [0.717, 1.165) is 34.4 Å². The number of halogens is 3. The van der Waals surface area contributed by atoms with Gasteiger partial charge in [-0.1, -0.05) is 60.6 Å². The maximum atomic E-state index is 12.6. The molecule has 2 heterocycles. The number of thioether (sulfide) groups is 1. The number of nitrogens with one attached hydrogen (secondary N) is 1. The van der Waals surface area contributed by atoms with E-state index < -0.39 is 12.4 Å². The summed E-state index contributed by atoms with van der Waals surface area (Å²) in [5.41, 5.74) is 5.11. The van der Waals surface area contributed by atoms with E-state index in [9.17, 15) is 22.8 Å². The Bertz CT molecular complexity index is 1650. The van der Waals surface area contributed by atoms with Gasteiger partial charge in [0, 0.05) is 12.1 Å².